The Kier molecular flexibility index (Phi) is 7.32. The van der Waals surface area contributed by atoms with Crippen molar-refractivity contribution in [3.8, 4) is 5.69 Å². The van der Waals surface area contributed by atoms with E-state index in [1.54, 1.807) is 24.3 Å². The zero-order valence-electron chi connectivity index (χ0n) is 22.5. The van der Waals surface area contributed by atoms with Gasteiger partial charge in [-0.3, -0.25) is 18.4 Å². The molecule has 1 aliphatic rings. The molecule has 0 saturated carbocycles. The second-order valence-electron chi connectivity index (χ2n) is 11.3. The van der Waals surface area contributed by atoms with Gasteiger partial charge in [-0.05, 0) is 60.0 Å². The lowest BCUT2D eigenvalue weighted by atomic mass is 9.81. The smallest absolute Gasteiger partial charge is 0.299 e. The molecule has 40 heavy (non-hydrogen) atoms. The highest BCUT2D eigenvalue weighted by Crippen LogP contribution is 2.34. The van der Waals surface area contributed by atoms with Crippen molar-refractivity contribution in [1.29, 1.82) is 0 Å². The first-order valence-electron chi connectivity index (χ1n) is 13.2. The summed E-state index contributed by atoms with van der Waals surface area (Å²) < 4.78 is 72.1. The number of rotatable bonds is 7. The van der Waals surface area contributed by atoms with Gasteiger partial charge >= 0.3 is 18.4 Å². The van der Waals surface area contributed by atoms with Crippen molar-refractivity contribution >= 4 is 5.52 Å². The normalized spacial score (nSPS) is 17.3. The predicted octanol–water partition coefficient (Wildman–Crippen LogP) is 5.85. The Balaban J connectivity index is 1.53. The van der Waals surface area contributed by atoms with Gasteiger partial charge in [-0.1, -0.05) is 32.9 Å². The van der Waals surface area contributed by atoms with Crippen LogP contribution in [0.4, 0.5) is 22.0 Å². The van der Waals surface area contributed by atoms with Gasteiger partial charge in [0.25, 0.3) is 0 Å². The van der Waals surface area contributed by atoms with Gasteiger partial charge in [0.2, 0.25) is 0 Å². The molecule has 1 saturated heterocycles. The summed E-state index contributed by atoms with van der Waals surface area (Å²) in [5.41, 5.74) is -0.930. The molecule has 1 fully saturated rings. The largest absolute Gasteiger partial charge is 0.418 e. The number of nitrogens with zero attached hydrogens (tertiary/aromatic N) is 6. The Morgan fingerprint density at radius 2 is 1.90 bits per heavy atom. The number of benzene rings is 1. The lowest BCUT2D eigenvalue weighted by Gasteiger charge is -2.31. The fraction of sp³-hybridized carbons (Fsp3) is 0.464. The van der Waals surface area contributed by atoms with E-state index in [9.17, 15) is 26.7 Å². The zero-order chi connectivity index (χ0) is 28.8. The fourth-order valence-corrected chi connectivity index (χ4v) is 5.56. The molecule has 12 heteroatoms. The van der Waals surface area contributed by atoms with Crippen molar-refractivity contribution in [2.75, 3.05) is 13.1 Å². The minimum absolute atomic E-state index is 0.0997. The second-order valence-corrected chi connectivity index (χ2v) is 11.3. The number of halogens is 5. The van der Waals surface area contributed by atoms with Crippen molar-refractivity contribution in [3.63, 3.8) is 0 Å². The van der Waals surface area contributed by atoms with Gasteiger partial charge in [0, 0.05) is 31.9 Å². The van der Waals surface area contributed by atoms with Crippen molar-refractivity contribution in [2.24, 2.45) is 5.92 Å². The molecule has 0 amide bonds. The minimum atomic E-state index is -4.65. The van der Waals surface area contributed by atoms with Crippen LogP contribution in [0.5, 0.6) is 0 Å². The molecular formula is C28H31F5N6O. The van der Waals surface area contributed by atoms with Crippen LogP contribution in [0.1, 0.15) is 62.7 Å². The Morgan fingerprint density at radius 3 is 2.60 bits per heavy atom. The van der Waals surface area contributed by atoms with Crippen molar-refractivity contribution < 1.29 is 22.0 Å². The highest BCUT2D eigenvalue weighted by molar-refractivity contribution is 5.58. The average Bonchev–Trinajstić information content (AvgIpc) is 3.47. The highest BCUT2D eigenvalue weighted by Gasteiger charge is 2.35. The molecule has 0 unspecified atom stereocenters. The Morgan fingerprint density at radius 1 is 1.12 bits per heavy atom. The summed E-state index contributed by atoms with van der Waals surface area (Å²) in [7, 11) is 0. The summed E-state index contributed by atoms with van der Waals surface area (Å²) in [6.07, 6.45) is 1.22. The van der Waals surface area contributed by atoms with Gasteiger partial charge in [-0.2, -0.15) is 22.0 Å². The minimum Gasteiger partial charge on any atom is -0.299 e. The summed E-state index contributed by atoms with van der Waals surface area (Å²) in [5.74, 6) is 0.564. The van der Waals surface area contributed by atoms with E-state index in [1.807, 2.05) is 13.8 Å². The van der Waals surface area contributed by atoms with Crippen LogP contribution in [0.3, 0.4) is 0 Å². The maximum atomic E-state index is 14.2. The predicted molar refractivity (Wildman–Crippen MR) is 140 cm³/mol. The number of alkyl halides is 5. The first-order chi connectivity index (χ1) is 18.8. The SMILES string of the molecule is C[C@H]1CCCN(Cc2cc(C(F)(F)F)c3cn(-c4cccc(C(C)(C)Cc5nncn5C(F)F)c4)c(=O)n3c2)C1. The van der Waals surface area contributed by atoms with Crippen molar-refractivity contribution in [3.05, 3.63) is 82.1 Å². The molecule has 7 nitrogen and oxygen atoms in total. The molecule has 0 aliphatic carbocycles. The summed E-state index contributed by atoms with van der Waals surface area (Å²) in [6.45, 7) is 4.94. The maximum absolute atomic E-state index is 14.2. The summed E-state index contributed by atoms with van der Waals surface area (Å²) in [4.78, 5) is 15.6. The molecule has 4 aromatic rings. The lowest BCUT2D eigenvalue weighted by molar-refractivity contribution is -0.136. The van der Waals surface area contributed by atoms with Crippen LogP contribution < -0.4 is 5.69 Å². The molecule has 1 aliphatic heterocycles. The molecule has 0 bridgehead atoms. The van der Waals surface area contributed by atoms with Gasteiger partial charge in [-0.25, -0.2) is 4.79 Å². The number of pyridine rings is 1. The van der Waals surface area contributed by atoms with Gasteiger partial charge in [-0.15, -0.1) is 10.2 Å². The Labute approximate surface area is 227 Å². The third kappa shape index (κ3) is 5.54. The van der Waals surface area contributed by atoms with E-state index in [1.165, 1.54) is 17.0 Å². The van der Waals surface area contributed by atoms with E-state index in [0.717, 1.165) is 42.7 Å². The van der Waals surface area contributed by atoms with Crippen LogP contribution in [0.15, 0.2) is 53.8 Å². The van der Waals surface area contributed by atoms with E-state index in [-0.39, 0.29) is 17.8 Å². The third-order valence-corrected chi connectivity index (χ3v) is 7.64. The number of hydrogen-bond donors (Lipinski definition) is 0. The van der Waals surface area contributed by atoms with Crippen LogP contribution in [0.2, 0.25) is 0 Å². The second kappa shape index (κ2) is 10.5. The van der Waals surface area contributed by atoms with E-state index in [0.29, 0.717) is 33.8 Å². The average molecular weight is 563 g/mol. The summed E-state index contributed by atoms with van der Waals surface area (Å²) in [6, 6.07) is 7.93. The topological polar surface area (TPSA) is 60.4 Å². The molecule has 4 heterocycles. The number of fused-ring (bicyclic) bond motifs is 1. The fourth-order valence-electron chi connectivity index (χ4n) is 5.56. The van der Waals surface area contributed by atoms with Gasteiger partial charge in [0.05, 0.1) is 16.8 Å². The molecule has 0 spiro atoms. The number of aromatic nitrogens is 5. The molecular weight excluding hydrogens is 531 g/mol. The van der Waals surface area contributed by atoms with E-state index in [2.05, 4.69) is 22.0 Å². The van der Waals surface area contributed by atoms with Crippen LogP contribution in [-0.4, -0.2) is 41.7 Å². The van der Waals surface area contributed by atoms with Gasteiger partial charge < -0.3 is 0 Å². The van der Waals surface area contributed by atoms with Crippen LogP contribution in [0, 0.1) is 5.92 Å². The van der Waals surface area contributed by atoms with Crippen LogP contribution in [0.25, 0.3) is 11.2 Å². The molecule has 3 aromatic heterocycles. The van der Waals surface area contributed by atoms with Gasteiger partial charge in [0.15, 0.2) is 0 Å². The monoisotopic (exact) mass is 562 g/mol. The number of imidazole rings is 1. The summed E-state index contributed by atoms with van der Waals surface area (Å²) >= 11 is 0. The molecule has 0 radical (unpaired) electrons. The van der Waals surface area contributed by atoms with Crippen LogP contribution in [-0.2, 0) is 24.6 Å². The lowest BCUT2D eigenvalue weighted by Crippen LogP contribution is -2.34. The van der Waals surface area contributed by atoms with Crippen molar-refractivity contribution in [1.82, 2.24) is 28.6 Å². The number of piperidine rings is 1. The molecule has 5 rings (SSSR count). The first kappa shape index (κ1) is 28.0. The number of likely N-dealkylation sites (tertiary alicyclic amines) is 1. The standard InChI is InChI=1S/C28H31F5N6O/c1-18-6-5-9-36(13-18)14-19-10-22(28(31,32)33)23-16-37(26(40)38(23)15-19)21-8-4-7-20(11-21)27(2,3)12-24-35-34-17-39(24)25(29)30/h4,7-8,10-11,15-18,25H,5-6,9,12-14H2,1-3H3/t18-/m0/s1. The number of hydrogen-bond acceptors (Lipinski definition) is 4. The Hall–Kier alpha value is -3.54. The molecule has 1 atom stereocenters. The molecule has 1 aromatic carbocycles. The van der Waals surface area contributed by atoms with E-state index < -0.39 is 29.4 Å². The quantitative estimate of drug-likeness (QED) is 0.265. The summed E-state index contributed by atoms with van der Waals surface area (Å²) in [5, 5.41) is 7.41. The Bertz CT molecular complexity index is 1570. The molecule has 214 valence electrons. The van der Waals surface area contributed by atoms with E-state index >= 15 is 0 Å². The van der Waals surface area contributed by atoms with Crippen molar-refractivity contribution in [2.45, 2.75) is 64.7 Å². The van der Waals surface area contributed by atoms with E-state index in [4.69, 9.17) is 0 Å². The maximum Gasteiger partial charge on any atom is 0.418 e. The van der Waals surface area contributed by atoms with Crippen LogP contribution >= 0.6 is 0 Å². The van der Waals surface area contributed by atoms with Gasteiger partial charge in [0.1, 0.15) is 12.2 Å². The first-order valence-corrected chi connectivity index (χ1v) is 13.2. The molecule has 0 N–H and O–H groups in total. The zero-order valence-corrected chi connectivity index (χ0v) is 22.5. The third-order valence-electron chi connectivity index (χ3n) is 7.64. The highest BCUT2D eigenvalue weighted by atomic mass is 19.4.